The van der Waals surface area contributed by atoms with Crippen molar-refractivity contribution in [2.75, 3.05) is 5.73 Å². The van der Waals surface area contributed by atoms with Crippen molar-refractivity contribution in [2.45, 2.75) is 0 Å². The average molecular weight is 247 g/mol. The number of hydrogen-bond donors (Lipinski definition) is 1. The highest BCUT2D eigenvalue weighted by molar-refractivity contribution is 6.30. The van der Waals surface area contributed by atoms with Crippen molar-refractivity contribution in [3.05, 3.63) is 35.5 Å². The van der Waals surface area contributed by atoms with E-state index in [1.165, 1.54) is 4.52 Å². The second-order valence-electron chi connectivity index (χ2n) is 3.42. The van der Waals surface area contributed by atoms with Gasteiger partial charge in [0.15, 0.2) is 0 Å². The fraction of sp³-hybridized carbons (Fsp3) is 0. The third-order valence-corrected chi connectivity index (χ3v) is 2.55. The number of halogens is 1. The number of anilines is 1. The molecule has 6 nitrogen and oxygen atoms in total. The van der Waals surface area contributed by atoms with E-state index in [4.69, 9.17) is 17.3 Å². The van der Waals surface area contributed by atoms with E-state index in [0.717, 1.165) is 5.56 Å². The van der Waals surface area contributed by atoms with Gasteiger partial charge in [0.25, 0.3) is 5.78 Å². The van der Waals surface area contributed by atoms with Gasteiger partial charge < -0.3 is 5.73 Å². The Morgan fingerprint density at radius 2 is 1.88 bits per heavy atom. The molecule has 7 heteroatoms. The van der Waals surface area contributed by atoms with Crippen LogP contribution in [0, 0.1) is 0 Å². The minimum Gasteiger partial charge on any atom is -0.366 e. The van der Waals surface area contributed by atoms with E-state index in [-0.39, 0.29) is 5.95 Å². The van der Waals surface area contributed by atoms with Crippen molar-refractivity contribution in [1.82, 2.24) is 24.8 Å². The van der Waals surface area contributed by atoms with Crippen molar-refractivity contribution in [3.8, 4) is 11.3 Å². The third-order valence-electron chi connectivity index (χ3n) is 2.30. The number of rotatable bonds is 1. The zero-order valence-electron chi connectivity index (χ0n) is 8.58. The summed E-state index contributed by atoms with van der Waals surface area (Å²) < 4.78 is 1.39. The molecule has 0 atom stereocenters. The standard InChI is InChI=1S/C10H7ClN6/c11-7-3-1-6(2-4-7)8-5-13-10-15-14-9(12)17(10)16-8/h1-5H,(H2,12,14). The fourth-order valence-electron chi connectivity index (χ4n) is 1.46. The zero-order chi connectivity index (χ0) is 11.8. The van der Waals surface area contributed by atoms with Crippen LogP contribution in [0.25, 0.3) is 17.0 Å². The summed E-state index contributed by atoms with van der Waals surface area (Å²) in [4.78, 5) is 4.11. The lowest BCUT2D eigenvalue weighted by Crippen LogP contribution is -2.01. The summed E-state index contributed by atoms with van der Waals surface area (Å²) in [5.74, 6) is 0.587. The van der Waals surface area contributed by atoms with E-state index >= 15 is 0 Å². The summed E-state index contributed by atoms with van der Waals surface area (Å²) >= 11 is 5.82. The average Bonchev–Trinajstić information content (AvgIpc) is 2.72. The molecule has 0 bridgehead atoms. The number of nitrogens with zero attached hydrogens (tertiary/aromatic N) is 5. The van der Waals surface area contributed by atoms with Crippen molar-refractivity contribution < 1.29 is 0 Å². The normalized spacial score (nSPS) is 10.9. The molecule has 0 radical (unpaired) electrons. The van der Waals surface area contributed by atoms with Gasteiger partial charge in [-0.3, -0.25) is 0 Å². The zero-order valence-corrected chi connectivity index (χ0v) is 9.33. The molecule has 0 amide bonds. The molecule has 0 aliphatic rings. The highest BCUT2D eigenvalue weighted by Gasteiger charge is 2.06. The maximum absolute atomic E-state index is 5.82. The molecule has 0 saturated heterocycles. The van der Waals surface area contributed by atoms with E-state index < -0.39 is 0 Å². The van der Waals surface area contributed by atoms with Crippen LogP contribution in [0.2, 0.25) is 5.02 Å². The van der Waals surface area contributed by atoms with E-state index in [0.29, 0.717) is 16.5 Å². The molecule has 3 rings (SSSR count). The Morgan fingerprint density at radius 3 is 2.65 bits per heavy atom. The minimum atomic E-state index is 0.211. The van der Waals surface area contributed by atoms with Crippen LogP contribution in [-0.4, -0.2) is 24.8 Å². The number of fused-ring (bicyclic) bond motifs is 1. The second kappa shape index (κ2) is 3.67. The van der Waals surface area contributed by atoms with Gasteiger partial charge in [0, 0.05) is 10.6 Å². The number of benzene rings is 1. The Bertz CT molecular complexity index is 675. The summed E-state index contributed by atoms with van der Waals surface area (Å²) in [5, 5.41) is 12.4. The van der Waals surface area contributed by atoms with Crippen molar-refractivity contribution in [3.63, 3.8) is 0 Å². The van der Waals surface area contributed by atoms with Crippen LogP contribution in [-0.2, 0) is 0 Å². The van der Waals surface area contributed by atoms with Crippen LogP contribution >= 0.6 is 11.6 Å². The van der Waals surface area contributed by atoms with E-state index in [9.17, 15) is 0 Å². The number of nitrogens with two attached hydrogens (primary N) is 1. The quantitative estimate of drug-likeness (QED) is 0.702. The van der Waals surface area contributed by atoms with Crippen LogP contribution in [0.15, 0.2) is 30.5 Å². The van der Waals surface area contributed by atoms with Crippen molar-refractivity contribution in [1.29, 1.82) is 0 Å². The SMILES string of the molecule is Nc1nnc2ncc(-c3ccc(Cl)cc3)nn12. The number of hydrogen-bond acceptors (Lipinski definition) is 5. The van der Waals surface area contributed by atoms with Crippen LogP contribution in [0.3, 0.4) is 0 Å². The Morgan fingerprint density at radius 1 is 1.12 bits per heavy atom. The molecule has 17 heavy (non-hydrogen) atoms. The van der Waals surface area contributed by atoms with Gasteiger partial charge in [-0.05, 0) is 12.1 Å². The molecule has 3 aromatic rings. The van der Waals surface area contributed by atoms with E-state index in [1.54, 1.807) is 18.3 Å². The van der Waals surface area contributed by atoms with Crippen LogP contribution in [0.1, 0.15) is 0 Å². The van der Waals surface area contributed by atoms with Crippen LogP contribution in [0.4, 0.5) is 5.95 Å². The highest BCUT2D eigenvalue weighted by Crippen LogP contribution is 2.18. The molecule has 0 saturated carbocycles. The Kier molecular flexibility index (Phi) is 2.15. The monoisotopic (exact) mass is 246 g/mol. The maximum Gasteiger partial charge on any atom is 0.273 e. The summed E-state index contributed by atoms with van der Waals surface area (Å²) in [6.07, 6.45) is 1.62. The smallest absolute Gasteiger partial charge is 0.273 e. The number of aromatic nitrogens is 5. The highest BCUT2D eigenvalue weighted by atomic mass is 35.5. The molecule has 84 valence electrons. The lowest BCUT2D eigenvalue weighted by Gasteiger charge is -2.00. The first kappa shape index (κ1) is 9.98. The molecule has 0 unspecified atom stereocenters. The molecule has 1 aromatic carbocycles. The fourth-order valence-corrected chi connectivity index (χ4v) is 1.59. The maximum atomic E-state index is 5.82. The topological polar surface area (TPSA) is 82.0 Å². The van der Waals surface area contributed by atoms with Crippen LogP contribution < -0.4 is 5.73 Å². The lowest BCUT2D eigenvalue weighted by molar-refractivity contribution is 0.916. The first-order valence-electron chi connectivity index (χ1n) is 4.84. The third kappa shape index (κ3) is 1.68. The first-order chi connectivity index (χ1) is 8.24. The van der Waals surface area contributed by atoms with E-state index in [1.807, 2.05) is 12.1 Å². The molecule has 0 fully saturated rings. The van der Waals surface area contributed by atoms with E-state index in [2.05, 4.69) is 20.3 Å². The molecular formula is C10H7ClN6. The molecule has 0 spiro atoms. The predicted molar refractivity (Wildman–Crippen MR) is 63.4 cm³/mol. The minimum absolute atomic E-state index is 0.211. The predicted octanol–water partition coefficient (Wildman–Crippen LogP) is 1.42. The largest absolute Gasteiger partial charge is 0.366 e. The van der Waals surface area contributed by atoms with Gasteiger partial charge in [0.05, 0.1) is 6.20 Å². The van der Waals surface area contributed by atoms with Gasteiger partial charge in [-0.1, -0.05) is 23.7 Å². The van der Waals surface area contributed by atoms with Crippen molar-refractivity contribution >= 4 is 23.3 Å². The molecule has 0 aliphatic carbocycles. The Balaban J connectivity index is 2.17. The van der Waals surface area contributed by atoms with Gasteiger partial charge in [-0.15, -0.1) is 10.2 Å². The van der Waals surface area contributed by atoms with Crippen molar-refractivity contribution in [2.24, 2.45) is 0 Å². The van der Waals surface area contributed by atoms with Crippen LogP contribution in [0.5, 0.6) is 0 Å². The summed E-state index contributed by atoms with van der Waals surface area (Å²) in [7, 11) is 0. The Hall–Kier alpha value is -2.21. The summed E-state index contributed by atoms with van der Waals surface area (Å²) in [6.45, 7) is 0. The molecule has 2 N–H and O–H groups in total. The molecular weight excluding hydrogens is 240 g/mol. The van der Waals surface area contributed by atoms with Gasteiger partial charge in [-0.25, -0.2) is 4.98 Å². The second-order valence-corrected chi connectivity index (χ2v) is 3.86. The Labute approximate surface area is 101 Å². The first-order valence-corrected chi connectivity index (χ1v) is 5.22. The van der Waals surface area contributed by atoms with Gasteiger partial charge in [0.1, 0.15) is 5.69 Å². The molecule has 2 aromatic heterocycles. The van der Waals surface area contributed by atoms with Gasteiger partial charge in [0.2, 0.25) is 5.95 Å². The molecule has 0 aliphatic heterocycles. The van der Waals surface area contributed by atoms with Gasteiger partial charge in [-0.2, -0.15) is 9.61 Å². The molecule has 2 heterocycles. The summed E-state index contributed by atoms with van der Waals surface area (Å²) in [6, 6.07) is 7.30. The lowest BCUT2D eigenvalue weighted by atomic mass is 10.2. The summed E-state index contributed by atoms with van der Waals surface area (Å²) in [5.41, 5.74) is 7.19. The van der Waals surface area contributed by atoms with Gasteiger partial charge >= 0.3 is 0 Å². The number of nitrogen functional groups attached to an aromatic ring is 1.